The molecule has 0 spiro atoms. The van der Waals surface area contributed by atoms with Crippen molar-refractivity contribution in [1.29, 1.82) is 0 Å². The van der Waals surface area contributed by atoms with E-state index in [-0.39, 0.29) is 6.03 Å². The first kappa shape index (κ1) is 15.4. The summed E-state index contributed by atoms with van der Waals surface area (Å²) in [5.41, 5.74) is 2.00. The van der Waals surface area contributed by atoms with E-state index in [0.717, 1.165) is 36.5 Å². The summed E-state index contributed by atoms with van der Waals surface area (Å²) in [6.07, 6.45) is 1.02. The highest BCUT2D eigenvalue weighted by Crippen LogP contribution is 2.36. The maximum Gasteiger partial charge on any atom is 0.321 e. The molecular formula is C17H20N2OS2. The molecule has 2 heterocycles. The van der Waals surface area contributed by atoms with Crippen LogP contribution in [0.1, 0.15) is 22.1 Å². The normalized spacial score (nSPS) is 18.8. The zero-order chi connectivity index (χ0) is 15.4. The number of thiophene rings is 1. The van der Waals surface area contributed by atoms with Gasteiger partial charge in [0, 0.05) is 34.7 Å². The highest BCUT2D eigenvalue weighted by Gasteiger charge is 2.22. The fourth-order valence-corrected chi connectivity index (χ4v) is 4.82. The monoisotopic (exact) mass is 332 g/mol. The number of urea groups is 1. The lowest BCUT2D eigenvalue weighted by atomic mass is 10.2. The lowest BCUT2D eigenvalue weighted by molar-refractivity contribution is 0.215. The number of carbonyl (C=O) groups is 1. The van der Waals surface area contributed by atoms with Crippen LogP contribution in [0, 0.1) is 6.92 Å². The van der Waals surface area contributed by atoms with Gasteiger partial charge < -0.3 is 10.2 Å². The molecule has 1 aromatic heterocycles. The van der Waals surface area contributed by atoms with Gasteiger partial charge in [0.1, 0.15) is 0 Å². The van der Waals surface area contributed by atoms with E-state index in [1.807, 2.05) is 59.2 Å². The van der Waals surface area contributed by atoms with Crippen LogP contribution >= 0.6 is 23.1 Å². The fourth-order valence-electron chi connectivity index (χ4n) is 2.58. The van der Waals surface area contributed by atoms with E-state index in [0.29, 0.717) is 5.25 Å². The molecule has 2 amide bonds. The summed E-state index contributed by atoms with van der Waals surface area (Å²) < 4.78 is 0. The first-order valence-electron chi connectivity index (χ1n) is 7.50. The van der Waals surface area contributed by atoms with Crippen molar-refractivity contribution in [3.05, 3.63) is 52.2 Å². The molecule has 1 fully saturated rings. The van der Waals surface area contributed by atoms with Gasteiger partial charge in [-0.1, -0.05) is 24.3 Å². The van der Waals surface area contributed by atoms with Crippen molar-refractivity contribution in [3.8, 4) is 0 Å². The molecular weight excluding hydrogens is 312 g/mol. The van der Waals surface area contributed by atoms with Gasteiger partial charge in [-0.15, -0.1) is 11.3 Å². The number of rotatable bonds is 2. The van der Waals surface area contributed by atoms with Crippen LogP contribution in [0.3, 0.4) is 0 Å². The van der Waals surface area contributed by atoms with Crippen molar-refractivity contribution in [2.45, 2.75) is 18.6 Å². The number of anilines is 1. The smallest absolute Gasteiger partial charge is 0.321 e. The molecule has 2 aromatic rings. The molecule has 3 nitrogen and oxygen atoms in total. The Balaban J connectivity index is 1.61. The maximum absolute atomic E-state index is 12.5. The van der Waals surface area contributed by atoms with Gasteiger partial charge in [-0.2, -0.15) is 11.8 Å². The number of benzene rings is 1. The Morgan fingerprint density at radius 2 is 2.09 bits per heavy atom. The van der Waals surface area contributed by atoms with Crippen molar-refractivity contribution in [2.24, 2.45) is 0 Å². The molecule has 3 rings (SSSR count). The number of nitrogens with zero attached hydrogens (tertiary/aromatic N) is 1. The van der Waals surface area contributed by atoms with Crippen LogP contribution in [0.15, 0.2) is 41.8 Å². The number of thioether (sulfide) groups is 1. The number of amides is 2. The Kier molecular flexibility index (Phi) is 5.05. The Bertz CT molecular complexity index is 627. The largest absolute Gasteiger partial charge is 0.324 e. The van der Waals surface area contributed by atoms with Gasteiger partial charge in [-0.05, 0) is 36.4 Å². The lowest BCUT2D eigenvalue weighted by Crippen LogP contribution is -2.36. The summed E-state index contributed by atoms with van der Waals surface area (Å²) in [5.74, 6) is 0.990. The van der Waals surface area contributed by atoms with Crippen LogP contribution in [0.2, 0.25) is 0 Å². The van der Waals surface area contributed by atoms with Crippen LogP contribution in [0.5, 0.6) is 0 Å². The molecule has 5 heteroatoms. The Morgan fingerprint density at radius 1 is 1.23 bits per heavy atom. The van der Waals surface area contributed by atoms with Crippen molar-refractivity contribution in [2.75, 3.05) is 24.2 Å². The minimum absolute atomic E-state index is 0.0155. The predicted octanol–water partition coefficient (Wildman–Crippen LogP) is 4.77. The number of aryl methyl sites for hydroxylation is 1. The topological polar surface area (TPSA) is 32.3 Å². The summed E-state index contributed by atoms with van der Waals surface area (Å²) in [6, 6.07) is 12.2. The van der Waals surface area contributed by atoms with Gasteiger partial charge in [-0.25, -0.2) is 4.79 Å². The Labute approximate surface area is 139 Å². The second-order valence-electron chi connectivity index (χ2n) is 5.40. The van der Waals surface area contributed by atoms with Gasteiger partial charge in [0.15, 0.2) is 0 Å². The molecule has 0 bridgehead atoms. The molecule has 0 aliphatic carbocycles. The van der Waals surface area contributed by atoms with Gasteiger partial charge in [0.05, 0.1) is 0 Å². The summed E-state index contributed by atoms with van der Waals surface area (Å²) in [7, 11) is 0. The highest BCUT2D eigenvalue weighted by molar-refractivity contribution is 7.99. The molecule has 22 heavy (non-hydrogen) atoms. The van der Waals surface area contributed by atoms with Gasteiger partial charge >= 0.3 is 6.03 Å². The van der Waals surface area contributed by atoms with Crippen LogP contribution in [-0.2, 0) is 0 Å². The van der Waals surface area contributed by atoms with E-state index in [1.165, 1.54) is 4.88 Å². The number of hydrogen-bond donors (Lipinski definition) is 1. The van der Waals surface area contributed by atoms with E-state index in [4.69, 9.17) is 0 Å². The average molecular weight is 332 g/mol. The molecule has 1 aromatic carbocycles. The molecule has 1 saturated heterocycles. The third-order valence-electron chi connectivity index (χ3n) is 3.88. The minimum atomic E-state index is 0.0155. The SMILES string of the molecule is Cc1ccccc1NC(=O)N1CCSC(c2cccs2)CC1. The first-order chi connectivity index (χ1) is 10.7. The van der Waals surface area contributed by atoms with Crippen LogP contribution in [0.25, 0.3) is 0 Å². The number of nitrogens with one attached hydrogen (secondary N) is 1. The third kappa shape index (κ3) is 3.65. The summed E-state index contributed by atoms with van der Waals surface area (Å²) in [4.78, 5) is 15.8. The summed E-state index contributed by atoms with van der Waals surface area (Å²) in [6.45, 7) is 3.64. The van der Waals surface area contributed by atoms with E-state index < -0.39 is 0 Å². The van der Waals surface area contributed by atoms with Crippen LogP contribution in [0.4, 0.5) is 10.5 Å². The van der Waals surface area contributed by atoms with E-state index in [1.54, 1.807) is 0 Å². The van der Waals surface area contributed by atoms with Crippen molar-refractivity contribution >= 4 is 34.8 Å². The second kappa shape index (κ2) is 7.20. The summed E-state index contributed by atoms with van der Waals surface area (Å²) >= 11 is 3.77. The van der Waals surface area contributed by atoms with Gasteiger partial charge in [-0.3, -0.25) is 0 Å². The van der Waals surface area contributed by atoms with E-state index >= 15 is 0 Å². The van der Waals surface area contributed by atoms with Crippen molar-refractivity contribution in [3.63, 3.8) is 0 Å². The molecule has 0 saturated carbocycles. The second-order valence-corrected chi connectivity index (χ2v) is 7.69. The quantitative estimate of drug-likeness (QED) is 0.859. The van der Waals surface area contributed by atoms with Gasteiger partial charge in [0.25, 0.3) is 0 Å². The highest BCUT2D eigenvalue weighted by atomic mass is 32.2. The molecule has 1 atom stereocenters. The molecule has 116 valence electrons. The molecule has 1 unspecified atom stereocenters. The van der Waals surface area contributed by atoms with E-state index in [2.05, 4.69) is 22.8 Å². The average Bonchev–Trinajstić information content (AvgIpc) is 2.94. The fraction of sp³-hybridized carbons (Fsp3) is 0.353. The number of carbonyl (C=O) groups excluding carboxylic acids is 1. The maximum atomic E-state index is 12.5. The van der Waals surface area contributed by atoms with Crippen molar-refractivity contribution in [1.82, 2.24) is 4.90 Å². The Morgan fingerprint density at radius 3 is 2.86 bits per heavy atom. The standard InChI is InChI=1S/C17H20N2OS2/c1-13-5-2-3-6-14(13)18-17(20)19-9-8-16(22-12-10-19)15-7-4-11-21-15/h2-7,11,16H,8-10,12H2,1H3,(H,18,20). The molecule has 1 N–H and O–H groups in total. The minimum Gasteiger partial charge on any atom is -0.324 e. The zero-order valence-corrected chi connectivity index (χ0v) is 14.3. The third-order valence-corrected chi connectivity index (χ3v) is 6.32. The van der Waals surface area contributed by atoms with Crippen LogP contribution in [-0.4, -0.2) is 29.8 Å². The first-order valence-corrected chi connectivity index (χ1v) is 9.43. The molecule has 1 aliphatic heterocycles. The van der Waals surface area contributed by atoms with E-state index in [9.17, 15) is 4.79 Å². The van der Waals surface area contributed by atoms with Gasteiger partial charge in [0.2, 0.25) is 0 Å². The molecule has 0 radical (unpaired) electrons. The zero-order valence-electron chi connectivity index (χ0n) is 12.6. The molecule has 1 aliphatic rings. The predicted molar refractivity (Wildman–Crippen MR) is 95.9 cm³/mol. The summed E-state index contributed by atoms with van der Waals surface area (Å²) in [5, 5.41) is 5.69. The Hall–Kier alpha value is -1.46. The van der Waals surface area contributed by atoms with Crippen molar-refractivity contribution < 1.29 is 4.79 Å². The van der Waals surface area contributed by atoms with Crippen LogP contribution < -0.4 is 5.32 Å². The lowest BCUT2D eigenvalue weighted by Gasteiger charge is -2.21. The number of para-hydroxylation sites is 1. The number of hydrogen-bond acceptors (Lipinski definition) is 3.